The maximum absolute atomic E-state index is 13.9. The van der Waals surface area contributed by atoms with Gasteiger partial charge in [-0.25, -0.2) is 8.78 Å². The van der Waals surface area contributed by atoms with Crippen molar-refractivity contribution in [3.05, 3.63) is 58.6 Å². The molecule has 1 unspecified atom stereocenters. The van der Waals surface area contributed by atoms with Gasteiger partial charge in [0, 0.05) is 16.1 Å². The molecule has 25 heavy (non-hydrogen) atoms. The van der Waals surface area contributed by atoms with Crippen LogP contribution in [0.2, 0.25) is 5.02 Å². The van der Waals surface area contributed by atoms with Crippen molar-refractivity contribution in [2.45, 2.75) is 30.8 Å². The van der Waals surface area contributed by atoms with Crippen LogP contribution in [0, 0.1) is 11.6 Å². The number of hydrogen-bond acceptors (Lipinski definition) is 3. The first kappa shape index (κ1) is 19.7. The Morgan fingerprint density at radius 1 is 1.24 bits per heavy atom. The Morgan fingerprint density at radius 2 is 1.96 bits per heavy atom. The van der Waals surface area contributed by atoms with Crippen LogP contribution in [-0.4, -0.2) is 22.9 Å². The highest BCUT2D eigenvalue weighted by molar-refractivity contribution is 7.99. The summed E-state index contributed by atoms with van der Waals surface area (Å²) in [7, 11) is 0. The molecule has 0 saturated heterocycles. The molecule has 3 nitrogen and oxygen atoms in total. The summed E-state index contributed by atoms with van der Waals surface area (Å²) in [4.78, 5) is 12.7. The van der Waals surface area contributed by atoms with E-state index in [1.807, 2.05) is 0 Å². The number of thioether (sulfide) groups is 1. The van der Waals surface area contributed by atoms with Gasteiger partial charge in [-0.15, -0.1) is 11.8 Å². The van der Waals surface area contributed by atoms with E-state index in [9.17, 15) is 18.7 Å². The van der Waals surface area contributed by atoms with Crippen LogP contribution < -0.4 is 5.32 Å². The van der Waals surface area contributed by atoms with E-state index in [2.05, 4.69) is 5.32 Å². The van der Waals surface area contributed by atoms with E-state index < -0.39 is 17.5 Å². The molecule has 2 aromatic carbocycles. The Balaban J connectivity index is 2.04. The third-order valence-corrected chi connectivity index (χ3v) is 4.80. The third-order valence-electron chi connectivity index (χ3n) is 3.39. The van der Waals surface area contributed by atoms with Crippen molar-refractivity contribution in [3.8, 4) is 0 Å². The van der Waals surface area contributed by atoms with Gasteiger partial charge >= 0.3 is 0 Å². The molecule has 0 bridgehead atoms. The van der Waals surface area contributed by atoms with Gasteiger partial charge in [-0.3, -0.25) is 4.79 Å². The summed E-state index contributed by atoms with van der Waals surface area (Å²) in [5.74, 6) is -0.769. The Morgan fingerprint density at radius 3 is 2.64 bits per heavy atom. The number of rotatable bonds is 7. The fourth-order valence-electron chi connectivity index (χ4n) is 2.09. The normalized spacial score (nSPS) is 12.0. The summed E-state index contributed by atoms with van der Waals surface area (Å²) >= 11 is 6.98. The molecule has 1 atom stereocenters. The molecule has 1 amide bonds. The molecule has 0 spiro atoms. The van der Waals surface area contributed by atoms with Crippen LogP contribution in [0.5, 0.6) is 0 Å². The highest BCUT2D eigenvalue weighted by Gasteiger charge is 2.12. The van der Waals surface area contributed by atoms with Crippen LogP contribution >= 0.6 is 23.4 Å². The van der Waals surface area contributed by atoms with Crippen molar-refractivity contribution in [2.75, 3.05) is 11.1 Å². The lowest BCUT2D eigenvalue weighted by Gasteiger charge is -2.09. The summed E-state index contributed by atoms with van der Waals surface area (Å²) < 4.78 is 27.0. The average Bonchev–Trinajstić information content (AvgIpc) is 2.56. The van der Waals surface area contributed by atoms with E-state index in [4.69, 9.17) is 11.6 Å². The van der Waals surface area contributed by atoms with E-state index >= 15 is 0 Å². The van der Waals surface area contributed by atoms with Crippen molar-refractivity contribution in [1.29, 1.82) is 0 Å². The fraction of sp³-hybridized carbons (Fsp3) is 0.278. The van der Waals surface area contributed by atoms with E-state index in [0.717, 1.165) is 12.5 Å². The standard InChI is InChI=1S/C18H18ClF2NO2S/c1-11(23)3-2-8-25-17-9-12(4-6-16(17)21)18(24)22-13-5-7-15(20)14(19)10-13/h4-7,9-11,23H,2-3,8H2,1H3,(H,22,24). The van der Waals surface area contributed by atoms with Gasteiger partial charge in [0.1, 0.15) is 11.6 Å². The molecule has 0 fully saturated rings. The number of anilines is 1. The minimum Gasteiger partial charge on any atom is -0.393 e. The summed E-state index contributed by atoms with van der Waals surface area (Å²) in [5.41, 5.74) is 0.645. The Labute approximate surface area is 154 Å². The van der Waals surface area contributed by atoms with Gasteiger partial charge in [-0.1, -0.05) is 11.6 Å². The molecular formula is C18H18ClF2NO2S. The highest BCUT2D eigenvalue weighted by atomic mass is 35.5. The van der Waals surface area contributed by atoms with Gasteiger partial charge in [0.25, 0.3) is 5.91 Å². The van der Waals surface area contributed by atoms with Crippen LogP contribution in [0.1, 0.15) is 30.1 Å². The van der Waals surface area contributed by atoms with Crippen LogP contribution in [-0.2, 0) is 0 Å². The monoisotopic (exact) mass is 385 g/mol. The predicted octanol–water partition coefficient (Wildman–Crippen LogP) is 5.12. The fourth-order valence-corrected chi connectivity index (χ4v) is 3.22. The molecule has 0 aliphatic heterocycles. The molecule has 0 aliphatic carbocycles. The van der Waals surface area contributed by atoms with Crippen LogP contribution in [0.15, 0.2) is 41.3 Å². The topological polar surface area (TPSA) is 49.3 Å². The Kier molecular flexibility index (Phi) is 7.23. The first-order chi connectivity index (χ1) is 11.9. The zero-order valence-electron chi connectivity index (χ0n) is 13.6. The van der Waals surface area contributed by atoms with Gasteiger partial charge in [0.15, 0.2) is 0 Å². The molecule has 2 N–H and O–H groups in total. The molecule has 0 saturated carbocycles. The quantitative estimate of drug-likeness (QED) is 0.513. The van der Waals surface area contributed by atoms with Crippen molar-refractivity contribution in [1.82, 2.24) is 0 Å². The van der Waals surface area contributed by atoms with Crippen LogP contribution in [0.3, 0.4) is 0 Å². The van der Waals surface area contributed by atoms with Crippen LogP contribution in [0.25, 0.3) is 0 Å². The summed E-state index contributed by atoms with van der Waals surface area (Å²) in [6, 6.07) is 7.96. The molecule has 134 valence electrons. The zero-order valence-corrected chi connectivity index (χ0v) is 15.1. The highest BCUT2D eigenvalue weighted by Crippen LogP contribution is 2.25. The molecule has 0 aromatic heterocycles. The van der Waals surface area contributed by atoms with Crippen molar-refractivity contribution < 1.29 is 18.7 Å². The second-order valence-electron chi connectivity index (χ2n) is 5.57. The van der Waals surface area contributed by atoms with E-state index in [1.54, 1.807) is 6.92 Å². The summed E-state index contributed by atoms with van der Waals surface area (Å²) in [6.45, 7) is 1.71. The maximum Gasteiger partial charge on any atom is 0.255 e. The van der Waals surface area contributed by atoms with E-state index in [0.29, 0.717) is 28.3 Å². The first-order valence-electron chi connectivity index (χ1n) is 7.73. The maximum atomic E-state index is 13.9. The largest absolute Gasteiger partial charge is 0.393 e. The molecule has 0 aliphatic rings. The van der Waals surface area contributed by atoms with Gasteiger partial charge in [-0.2, -0.15) is 0 Å². The number of nitrogens with one attached hydrogen (secondary N) is 1. The second kappa shape index (κ2) is 9.17. The van der Waals surface area contributed by atoms with Crippen LogP contribution in [0.4, 0.5) is 14.5 Å². The average molecular weight is 386 g/mol. The summed E-state index contributed by atoms with van der Waals surface area (Å²) in [5, 5.41) is 11.7. The minimum absolute atomic E-state index is 0.0914. The van der Waals surface area contributed by atoms with Gasteiger partial charge in [0.05, 0.1) is 11.1 Å². The number of carbonyl (C=O) groups excluding carboxylic acids is 1. The van der Waals surface area contributed by atoms with Crippen molar-refractivity contribution >= 4 is 35.0 Å². The van der Waals surface area contributed by atoms with Gasteiger partial charge in [0.2, 0.25) is 0 Å². The molecule has 2 rings (SSSR count). The molecular weight excluding hydrogens is 368 g/mol. The minimum atomic E-state index is -0.572. The lowest BCUT2D eigenvalue weighted by atomic mass is 10.2. The zero-order chi connectivity index (χ0) is 18.4. The molecule has 0 heterocycles. The van der Waals surface area contributed by atoms with Crippen molar-refractivity contribution in [2.24, 2.45) is 0 Å². The number of halogens is 3. The predicted molar refractivity (Wildman–Crippen MR) is 97.4 cm³/mol. The smallest absolute Gasteiger partial charge is 0.255 e. The number of benzene rings is 2. The third kappa shape index (κ3) is 5.99. The Bertz CT molecular complexity index is 756. The summed E-state index contributed by atoms with van der Waals surface area (Å²) in [6.07, 6.45) is 0.997. The van der Waals surface area contributed by atoms with Gasteiger partial charge < -0.3 is 10.4 Å². The van der Waals surface area contributed by atoms with E-state index in [-0.39, 0.29) is 11.1 Å². The Hall–Kier alpha value is -1.63. The molecule has 7 heteroatoms. The lowest BCUT2D eigenvalue weighted by Crippen LogP contribution is -2.12. The number of hydrogen-bond donors (Lipinski definition) is 2. The lowest BCUT2D eigenvalue weighted by molar-refractivity contribution is 0.102. The second-order valence-corrected chi connectivity index (χ2v) is 7.11. The van der Waals surface area contributed by atoms with Crippen molar-refractivity contribution in [3.63, 3.8) is 0 Å². The number of amides is 1. The first-order valence-corrected chi connectivity index (χ1v) is 9.10. The number of carbonyl (C=O) groups is 1. The molecule has 2 aromatic rings. The SMILES string of the molecule is CC(O)CCCSc1cc(C(=O)Nc2ccc(F)c(Cl)c2)ccc1F. The number of aliphatic hydroxyl groups is 1. The van der Waals surface area contributed by atoms with Gasteiger partial charge in [-0.05, 0) is 61.9 Å². The number of aliphatic hydroxyl groups excluding tert-OH is 1. The molecule has 0 radical (unpaired) electrons. The van der Waals surface area contributed by atoms with E-state index in [1.165, 1.54) is 42.1 Å².